The SMILES string of the molecule is COc1ccc(C(CO)N(C)C)cc1C. The van der Waals surface area contributed by atoms with Gasteiger partial charge in [0.2, 0.25) is 0 Å². The largest absolute Gasteiger partial charge is 0.496 e. The maximum Gasteiger partial charge on any atom is 0.121 e. The summed E-state index contributed by atoms with van der Waals surface area (Å²) in [5.41, 5.74) is 2.20. The van der Waals surface area contributed by atoms with Crippen molar-refractivity contribution < 1.29 is 9.84 Å². The zero-order valence-corrected chi connectivity index (χ0v) is 9.82. The second-order valence-corrected chi connectivity index (χ2v) is 3.89. The highest BCUT2D eigenvalue weighted by atomic mass is 16.5. The van der Waals surface area contributed by atoms with Crippen LogP contribution < -0.4 is 4.74 Å². The number of ether oxygens (including phenoxy) is 1. The molecule has 1 aromatic carbocycles. The van der Waals surface area contributed by atoms with Gasteiger partial charge in [0, 0.05) is 0 Å². The third-order valence-corrected chi connectivity index (χ3v) is 2.60. The second-order valence-electron chi connectivity index (χ2n) is 3.89. The van der Waals surface area contributed by atoms with Gasteiger partial charge >= 0.3 is 0 Å². The number of aliphatic hydroxyl groups excluding tert-OH is 1. The van der Waals surface area contributed by atoms with Gasteiger partial charge in [-0.2, -0.15) is 0 Å². The third kappa shape index (κ3) is 2.70. The summed E-state index contributed by atoms with van der Waals surface area (Å²) < 4.78 is 5.20. The van der Waals surface area contributed by atoms with Gasteiger partial charge < -0.3 is 14.7 Å². The van der Waals surface area contributed by atoms with E-state index in [2.05, 4.69) is 6.07 Å². The first kappa shape index (κ1) is 12.0. The minimum absolute atomic E-state index is 0.0506. The summed E-state index contributed by atoms with van der Waals surface area (Å²) in [5, 5.41) is 9.29. The summed E-state index contributed by atoms with van der Waals surface area (Å²) in [4.78, 5) is 2.00. The van der Waals surface area contributed by atoms with E-state index in [0.29, 0.717) is 0 Å². The Balaban J connectivity index is 3.00. The van der Waals surface area contributed by atoms with Gasteiger partial charge in [-0.15, -0.1) is 0 Å². The summed E-state index contributed by atoms with van der Waals surface area (Å²) in [5.74, 6) is 0.884. The number of nitrogens with zero attached hydrogens (tertiary/aromatic N) is 1. The summed E-state index contributed by atoms with van der Waals surface area (Å²) in [6.45, 7) is 2.13. The summed E-state index contributed by atoms with van der Waals surface area (Å²) in [7, 11) is 5.58. The first-order valence-electron chi connectivity index (χ1n) is 5.02. The van der Waals surface area contributed by atoms with E-state index in [9.17, 15) is 5.11 Å². The van der Waals surface area contributed by atoms with E-state index in [-0.39, 0.29) is 12.6 Å². The molecule has 1 aromatic rings. The molecule has 1 atom stereocenters. The summed E-state index contributed by atoms with van der Waals surface area (Å²) >= 11 is 0. The molecule has 0 aliphatic heterocycles. The molecule has 0 amide bonds. The monoisotopic (exact) mass is 209 g/mol. The minimum atomic E-state index is 0.0506. The molecule has 0 saturated carbocycles. The maximum absolute atomic E-state index is 9.29. The molecule has 0 aliphatic rings. The lowest BCUT2D eigenvalue weighted by Gasteiger charge is -2.23. The van der Waals surface area contributed by atoms with E-state index in [1.54, 1.807) is 7.11 Å². The summed E-state index contributed by atoms with van der Waals surface area (Å²) in [6, 6.07) is 6.04. The van der Waals surface area contributed by atoms with Crippen molar-refractivity contribution in [1.82, 2.24) is 4.90 Å². The van der Waals surface area contributed by atoms with Crippen molar-refractivity contribution in [3.8, 4) is 5.75 Å². The van der Waals surface area contributed by atoms with Crippen LogP contribution in [0.2, 0.25) is 0 Å². The van der Waals surface area contributed by atoms with Crippen molar-refractivity contribution >= 4 is 0 Å². The molecular formula is C12H19NO2. The van der Waals surface area contributed by atoms with E-state index in [1.807, 2.05) is 38.1 Å². The lowest BCUT2D eigenvalue weighted by Crippen LogP contribution is -2.23. The Bertz CT molecular complexity index is 323. The van der Waals surface area contributed by atoms with Crippen LogP contribution in [0.25, 0.3) is 0 Å². The zero-order chi connectivity index (χ0) is 11.4. The number of methoxy groups -OCH3 is 1. The topological polar surface area (TPSA) is 32.7 Å². The molecule has 84 valence electrons. The van der Waals surface area contributed by atoms with Crippen LogP contribution in [0, 0.1) is 6.92 Å². The molecule has 0 heterocycles. The van der Waals surface area contributed by atoms with Crippen LogP contribution in [0.3, 0.4) is 0 Å². The number of rotatable bonds is 4. The van der Waals surface area contributed by atoms with Crippen molar-refractivity contribution in [3.05, 3.63) is 29.3 Å². The molecule has 1 unspecified atom stereocenters. The van der Waals surface area contributed by atoms with Crippen LogP contribution in [0.15, 0.2) is 18.2 Å². The molecule has 0 bridgehead atoms. The smallest absolute Gasteiger partial charge is 0.121 e. The predicted molar refractivity (Wildman–Crippen MR) is 61.2 cm³/mol. The van der Waals surface area contributed by atoms with E-state index in [1.165, 1.54) is 0 Å². The molecule has 0 aromatic heterocycles. The highest BCUT2D eigenvalue weighted by molar-refractivity contribution is 5.37. The first-order chi connectivity index (χ1) is 7.10. The number of aliphatic hydroxyl groups is 1. The fourth-order valence-corrected chi connectivity index (χ4v) is 1.68. The van der Waals surface area contributed by atoms with Crippen LogP contribution in [-0.2, 0) is 0 Å². The van der Waals surface area contributed by atoms with Gasteiger partial charge in [0.05, 0.1) is 19.8 Å². The molecule has 1 N–H and O–H groups in total. The fourth-order valence-electron chi connectivity index (χ4n) is 1.68. The first-order valence-corrected chi connectivity index (χ1v) is 5.02. The fraction of sp³-hybridized carbons (Fsp3) is 0.500. The zero-order valence-electron chi connectivity index (χ0n) is 9.82. The number of aryl methyl sites for hydroxylation is 1. The van der Waals surface area contributed by atoms with Gasteiger partial charge in [0.1, 0.15) is 5.75 Å². The predicted octanol–water partition coefficient (Wildman–Crippen LogP) is 1.60. The van der Waals surface area contributed by atoms with Crippen molar-refractivity contribution in [2.45, 2.75) is 13.0 Å². The van der Waals surface area contributed by atoms with Crippen molar-refractivity contribution in [3.63, 3.8) is 0 Å². The molecule has 0 spiro atoms. The Kier molecular flexibility index (Phi) is 4.12. The maximum atomic E-state index is 9.29. The Hall–Kier alpha value is -1.06. The van der Waals surface area contributed by atoms with Gasteiger partial charge in [-0.1, -0.05) is 12.1 Å². The Morgan fingerprint density at radius 3 is 2.47 bits per heavy atom. The lowest BCUT2D eigenvalue weighted by atomic mass is 10.0. The molecular weight excluding hydrogens is 190 g/mol. The number of hydrogen-bond donors (Lipinski definition) is 1. The van der Waals surface area contributed by atoms with Crippen molar-refractivity contribution in [1.29, 1.82) is 0 Å². The van der Waals surface area contributed by atoms with Crippen molar-refractivity contribution in [2.75, 3.05) is 27.8 Å². The van der Waals surface area contributed by atoms with Crippen LogP contribution in [0.1, 0.15) is 17.2 Å². The number of likely N-dealkylation sites (N-methyl/N-ethyl adjacent to an activating group) is 1. The quantitative estimate of drug-likeness (QED) is 0.817. The van der Waals surface area contributed by atoms with E-state index in [0.717, 1.165) is 16.9 Å². The van der Waals surface area contributed by atoms with Crippen LogP contribution in [0.4, 0.5) is 0 Å². The van der Waals surface area contributed by atoms with Gasteiger partial charge in [0.15, 0.2) is 0 Å². The second kappa shape index (κ2) is 5.14. The van der Waals surface area contributed by atoms with E-state index < -0.39 is 0 Å². The number of hydrogen-bond acceptors (Lipinski definition) is 3. The third-order valence-electron chi connectivity index (χ3n) is 2.60. The van der Waals surface area contributed by atoms with Crippen LogP contribution >= 0.6 is 0 Å². The molecule has 0 aliphatic carbocycles. The van der Waals surface area contributed by atoms with Crippen molar-refractivity contribution in [2.24, 2.45) is 0 Å². The highest BCUT2D eigenvalue weighted by Crippen LogP contribution is 2.24. The molecule has 3 nitrogen and oxygen atoms in total. The normalized spacial score (nSPS) is 12.9. The highest BCUT2D eigenvalue weighted by Gasteiger charge is 2.13. The van der Waals surface area contributed by atoms with Gasteiger partial charge in [-0.05, 0) is 38.2 Å². The molecule has 15 heavy (non-hydrogen) atoms. The summed E-state index contributed by atoms with van der Waals surface area (Å²) in [6.07, 6.45) is 0. The Morgan fingerprint density at radius 2 is 2.07 bits per heavy atom. The minimum Gasteiger partial charge on any atom is -0.496 e. The lowest BCUT2D eigenvalue weighted by molar-refractivity contribution is 0.170. The van der Waals surface area contributed by atoms with E-state index in [4.69, 9.17) is 4.74 Å². The number of benzene rings is 1. The van der Waals surface area contributed by atoms with Crippen LogP contribution in [0.5, 0.6) is 5.75 Å². The molecule has 0 radical (unpaired) electrons. The van der Waals surface area contributed by atoms with Gasteiger partial charge in [-0.3, -0.25) is 0 Å². The van der Waals surface area contributed by atoms with Crippen LogP contribution in [-0.4, -0.2) is 37.8 Å². The van der Waals surface area contributed by atoms with Gasteiger partial charge in [0.25, 0.3) is 0 Å². The Morgan fingerprint density at radius 1 is 1.40 bits per heavy atom. The average molecular weight is 209 g/mol. The molecule has 3 heteroatoms. The van der Waals surface area contributed by atoms with E-state index >= 15 is 0 Å². The molecule has 0 saturated heterocycles. The Labute approximate surface area is 91.3 Å². The average Bonchev–Trinajstić information content (AvgIpc) is 2.18. The van der Waals surface area contributed by atoms with Gasteiger partial charge in [-0.25, -0.2) is 0 Å². The standard InChI is InChI=1S/C12H19NO2/c1-9-7-10(5-6-12(9)15-4)11(8-14)13(2)3/h5-7,11,14H,8H2,1-4H3. The molecule has 0 fully saturated rings. The molecule has 1 rings (SSSR count).